The number of hydrogen-bond acceptors (Lipinski definition) is 1. The van der Waals surface area contributed by atoms with Gasteiger partial charge in [0.25, 0.3) is 0 Å². The van der Waals surface area contributed by atoms with Crippen LogP contribution in [-0.4, -0.2) is 6.54 Å². The summed E-state index contributed by atoms with van der Waals surface area (Å²) in [5, 5.41) is 0. The van der Waals surface area contributed by atoms with E-state index >= 15 is 0 Å². The quantitative estimate of drug-likeness (QED) is 0.782. The van der Waals surface area contributed by atoms with Crippen molar-refractivity contribution in [2.75, 3.05) is 6.54 Å². The fraction of sp³-hybridized carbons (Fsp3) is 0.625. The van der Waals surface area contributed by atoms with Gasteiger partial charge in [-0.2, -0.15) is 0 Å². The van der Waals surface area contributed by atoms with Gasteiger partial charge in [-0.3, -0.25) is 0 Å². The lowest BCUT2D eigenvalue weighted by molar-refractivity contribution is 0.380. The zero-order valence-electron chi connectivity index (χ0n) is 11.0. The minimum Gasteiger partial charge on any atom is -0.330 e. The molecule has 1 heteroatoms. The molecule has 0 amide bonds. The number of rotatable bonds is 3. The summed E-state index contributed by atoms with van der Waals surface area (Å²) in [6, 6.07) is 8.99. The van der Waals surface area contributed by atoms with Gasteiger partial charge >= 0.3 is 0 Å². The Hall–Kier alpha value is -0.820. The molecule has 1 aromatic rings. The largest absolute Gasteiger partial charge is 0.330 e. The van der Waals surface area contributed by atoms with Crippen LogP contribution in [0.4, 0.5) is 0 Å². The Labute approximate surface area is 105 Å². The lowest BCUT2D eigenvalue weighted by atomic mass is 9.81. The Bertz CT molecular complexity index is 320. The Morgan fingerprint density at radius 1 is 1.06 bits per heavy atom. The highest BCUT2D eigenvalue weighted by Crippen LogP contribution is 2.34. The fourth-order valence-corrected chi connectivity index (χ4v) is 3.13. The third-order valence-electron chi connectivity index (χ3n) is 4.23. The number of benzene rings is 1. The molecule has 0 heterocycles. The molecule has 0 saturated heterocycles. The molecule has 1 unspecified atom stereocenters. The molecule has 0 spiro atoms. The van der Waals surface area contributed by atoms with Crippen LogP contribution in [0, 0.1) is 12.8 Å². The Morgan fingerprint density at radius 2 is 1.65 bits per heavy atom. The second-order valence-electron chi connectivity index (χ2n) is 5.50. The van der Waals surface area contributed by atoms with E-state index in [9.17, 15) is 0 Å². The highest BCUT2D eigenvalue weighted by atomic mass is 14.6. The lowest BCUT2D eigenvalue weighted by Crippen LogP contribution is -2.21. The van der Waals surface area contributed by atoms with Gasteiger partial charge in [-0.25, -0.2) is 0 Å². The molecule has 0 radical (unpaired) electrons. The average molecular weight is 231 g/mol. The zero-order chi connectivity index (χ0) is 12.1. The number of nitrogens with two attached hydrogens (primary N) is 1. The molecule has 1 atom stereocenters. The molecule has 1 aliphatic carbocycles. The van der Waals surface area contributed by atoms with E-state index in [0.29, 0.717) is 5.92 Å². The molecule has 1 saturated carbocycles. The van der Waals surface area contributed by atoms with Gasteiger partial charge in [0, 0.05) is 0 Å². The first kappa shape index (κ1) is 12.6. The molecule has 1 fully saturated rings. The van der Waals surface area contributed by atoms with Crippen LogP contribution in [0.15, 0.2) is 24.3 Å². The molecule has 17 heavy (non-hydrogen) atoms. The Balaban J connectivity index is 2.11. The molecule has 0 aromatic heterocycles. The molecule has 1 nitrogen and oxygen atoms in total. The predicted molar refractivity (Wildman–Crippen MR) is 74.2 cm³/mol. The molecule has 2 N–H and O–H groups in total. The third kappa shape index (κ3) is 3.32. The standard InChI is InChI=1S/C16H25N/c1-13-8-10-15(11-9-13)16(12-17)14-6-4-2-3-5-7-14/h8-11,14,16H,2-7,12,17H2,1H3. The summed E-state index contributed by atoms with van der Waals surface area (Å²) < 4.78 is 0. The molecule has 1 aromatic carbocycles. The van der Waals surface area contributed by atoms with Crippen LogP contribution in [0.2, 0.25) is 0 Å². The summed E-state index contributed by atoms with van der Waals surface area (Å²) in [6.07, 6.45) is 8.37. The summed E-state index contributed by atoms with van der Waals surface area (Å²) in [5.41, 5.74) is 8.81. The topological polar surface area (TPSA) is 26.0 Å². The van der Waals surface area contributed by atoms with Crippen molar-refractivity contribution >= 4 is 0 Å². The van der Waals surface area contributed by atoms with E-state index in [0.717, 1.165) is 12.5 Å². The summed E-state index contributed by atoms with van der Waals surface area (Å²) in [7, 11) is 0. The van der Waals surface area contributed by atoms with E-state index in [2.05, 4.69) is 31.2 Å². The zero-order valence-corrected chi connectivity index (χ0v) is 11.0. The first-order chi connectivity index (χ1) is 8.31. The van der Waals surface area contributed by atoms with E-state index in [1.807, 2.05) is 0 Å². The molecule has 94 valence electrons. The van der Waals surface area contributed by atoms with Gasteiger partial charge in [-0.15, -0.1) is 0 Å². The SMILES string of the molecule is Cc1ccc(C(CN)C2CCCCCC2)cc1. The highest BCUT2D eigenvalue weighted by Gasteiger charge is 2.22. The molecule has 2 rings (SSSR count). The summed E-state index contributed by atoms with van der Waals surface area (Å²) in [6.45, 7) is 2.95. The van der Waals surface area contributed by atoms with E-state index < -0.39 is 0 Å². The van der Waals surface area contributed by atoms with Gasteiger partial charge in [0.2, 0.25) is 0 Å². The van der Waals surface area contributed by atoms with E-state index in [1.165, 1.54) is 49.7 Å². The first-order valence-corrected chi connectivity index (χ1v) is 7.08. The fourth-order valence-electron chi connectivity index (χ4n) is 3.13. The van der Waals surface area contributed by atoms with Gasteiger partial charge in [0.1, 0.15) is 0 Å². The van der Waals surface area contributed by atoms with E-state index in [1.54, 1.807) is 0 Å². The van der Waals surface area contributed by atoms with Crippen molar-refractivity contribution in [1.29, 1.82) is 0 Å². The first-order valence-electron chi connectivity index (χ1n) is 7.08. The minimum absolute atomic E-state index is 0.577. The predicted octanol–water partition coefficient (Wildman–Crippen LogP) is 4.01. The Morgan fingerprint density at radius 3 is 2.18 bits per heavy atom. The maximum Gasteiger partial charge on any atom is -0.000556 e. The second kappa shape index (κ2) is 6.20. The molecule has 0 aliphatic heterocycles. The van der Waals surface area contributed by atoms with Crippen LogP contribution < -0.4 is 5.73 Å². The van der Waals surface area contributed by atoms with E-state index in [-0.39, 0.29) is 0 Å². The van der Waals surface area contributed by atoms with Crippen molar-refractivity contribution in [2.45, 2.75) is 51.4 Å². The van der Waals surface area contributed by atoms with Crippen LogP contribution in [0.25, 0.3) is 0 Å². The summed E-state index contributed by atoms with van der Waals surface area (Å²) in [4.78, 5) is 0. The van der Waals surface area contributed by atoms with Gasteiger partial charge in [-0.1, -0.05) is 55.5 Å². The van der Waals surface area contributed by atoms with Crippen molar-refractivity contribution in [3.05, 3.63) is 35.4 Å². The lowest BCUT2D eigenvalue weighted by Gasteiger charge is -2.25. The highest BCUT2D eigenvalue weighted by molar-refractivity contribution is 5.25. The molecule has 1 aliphatic rings. The van der Waals surface area contributed by atoms with Crippen LogP contribution in [0.5, 0.6) is 0 Å². The van der Waals surface area contributed by atoms with Gasteiger partial charge in [0.15, 0.2) is 0 Å². The van der Waals surface area contributed by atoms with Crippen LogP contribution in [0.3, 0.4) is 0 Å². The molecular weight excluding hydrogens is 206 g/mol. The van der Waals surface area contributed by atoms with Crippen molar-refractivity contribution in [3.8, 4) is 0 Å². The van der Waals surface area contributed by atoms with Crippen molar-refractivity contribution in [3.63, 3.8) is 0 Å². The second-order valence-corrected chi connectivity index (χ2v) is 5.50. The summed E-state index contributed by atoms with van der Waals surface area (Å²) >= 11 is 0. The smallest absolute Gasteiger partial charge is 0.000556 e. The maximum absolute atomic E-state index is 6.02. The molecule has 0 bridgehead atoms. The monoisotopic (exact) mass is 231 g/mol. The number of aryl methyl sites for hydroxylation is 1. The third-order valence-corrected chi connectivity index (χ3v) is 4.23. The average Bonchev–Trinajstić information content (AvgIpc) is 2.62. The molecular formula is C16H25N. The van der Waals surface area contributed by atoms with Gasteiger partial charge < -0.3 is 5.73 Å². The van der Waals surface area contributed by atoms with Crippen molar-refractivity contribution in [2.24, 2.45) is 11.7 Å². The van der Waals surface area contributed by atoms with Crippen LogP contribution in [-0.2, 0) is 0 Å². The van der Waals surface area contributed by atoms with Crippen LogP contribution in [0.1, 0.15) is 55.6 Å². The maximum atomic E-state index is 6.02. The van der Waals surface area contributed by atoms with Crippen molar-refractivity contribution in [1.82, 2.24) is 0 Å². The van der Waals surface area contributed by atoms with E-state index in [4.69, 9.17) is 5.73 Å². The van der Waals surface area contributed by atoms with Gasteiger partial charge in [0.05, 0.1) is 0 Å². The Kier molecular flexibility index (Phi) is 4.61. The summed E-state index contributed by atoms with van der Waals surface area (Å²) in [5.74, 6) is 1.39. The van der Waals surface area contributed by atoms with Crippen LogP contribution >= 0.6 is 0 Å². The number of hydrogen-bond donors (Lipinski definition) is 1. The van der Waals surface area contributed by atoms with Gasteiger partial charge in [-0.05, 0) is 43.7 Å². The van der Waals surface area contributed by atoms with Crippen molar-refractivity contribution < 1.29 is 0 Å². The normalized spacial score (nSPS) is 19.9. The minimum atomic E-state index is 0.577.